The molecule has 36 heavy (non-hydrogen) atoms. The number of hydrogen-bond donors (Lipinski definition) is 0. The van der Waals surface area contributed by atoms with Gasteiger partial charge in [0.25, 0.3) is 11.1 Å². The quantitative estimate of drug-likeness (QED) is 0.223. The Morgan fingerprint density at radius 2 is 1.72 bits per heavy atom. The molecule has 0 saturated carbocycles. The van der Waals surface area contributed by atoms with Gasteiger partial charge in [-0.25, -0.2) is 4.79 Å². The first-order valence-corrected chi connectivity index (χ1v) is 12.1. The van der Waals surface area contributed by atoms with Gasteiger partial charge in [-0.2, -0.15) is 0 Å². The summed E-state index contributed by atoms with van der Waals surface area (Å²) in [5, 5.41) is -0.362. The molecule has 8 heteroatoms. The molecule has 0 radical (unpaired) electrons. The number of amides is 2. The summed E-state index contributed by atoms with van der Waals surface area (Å²) in [6, 6.07) is 19.5. The zero-order chi connectivity index (χ0) is 25.7. The zero-order valence-corrected chi connectivity index (χ0v) is 21.0. The van der Waals surface area contributed by atoms with E-state index in [9.17, 15) is 14.4 Å². The minimum Gasteiger partial charge on any atom is -0.493 e. The van der Waals surface area contributed by atoms with Crippen LogP contribution in [-0.2, 0) is 4.79 Å². The second-order valence-electron chi connectivity index (χ2n) is 8.16. The molecule has 0 unspecified atom stereocenters. The average Bonchev–Trinajstić information content (AvgIpc) is 3.12. The molecule has 0 N–H and O–H groups in total. The lowest BCUT2D eigenvalue weighted by Crippen LogP contribution is -2.32. The number of carbonyl (C=O) groups is 3. The molecule has 3 aromatic rings. The summed E-state index contributed by atoms with van der Waals surface area (Å²) in [5.74, 6) is 0.339. The van der Waals surface area contributed by atoms with Crippen molar-refractivity contribution >= 4 is 35.0 Å². The standard InChI is InChI=1S/C28H25NO6S/c1-18-7-10-21(11-8-18)27(31)35-24-16-20(9-12-23(24)33-3)17-25-26(30)29(28(32)36-25)13-14-34-22-6-4-5-19(2)15-22/h4-12,15-17H,13-14H2,1-3H3/b25-17-. The third kappa shape index (κ3) is 5.95. The highest BCUT2D eigenvalue weighted by molar-refractivity contribution is 8.18. The monoisotopic (exact) mass is 503 g/mol. The number of thioether (sulfide) groups is 1. The summed E-state index contributed by atoms with van der Waals surface area (Å²) in [4.78, 5) is 39.4. The molecule has 0 aromatic heterocycles. The van der Waals surface area contributed by atoms with E-state index in [4.69, 9.17) is 14.2 Å². The van der Waals surface area contributed by atoms with Crippen LogP contribution in [0.25, 0.3) is 6.08 Å². The van der Waals surface area contributed by atoms with Gasteiger partial charge in [-0.05, 0) is 79.2 Å². The van der Waals surface area contributed by atoms with Gasteiger partial charge in [-0.3, -0.25) is 14.5 Å². The molecule has 1 heterocycles. The number of nitrogens with zero attached hydrogens (tertiary/aromatic N) is 1. The topological polar surface area (TPSA) is 82.1 Å². The van der Waals surface area contributed by atoms with Crippen molar-refractivity contribution in [1.82, 2.24) is 4.90 Å². The third-order valence-electron chi connectivity index (χ3n) is 5.42. The fourth-order valence-corrected chi connectivity index (χ4v) is 4.38. The average molecular weight is 504 g/mol. The first-order valence-electron chi connectivity index (χ1n) is 11.3. The maximum Gasteiger partial charge on any atom is 0.343 e. The van der Waals surface area contributed by atoms with Crippen LogP contribution in [0, 0.1) is 13.8 Å². The van der Waals surface area contributed by atoms with Crippen LogP contribution >= 0.6 is 11.8 Å². The molecule has 3 aromatic carbocycles. The Hall–Kier alpha value is -4.04. The summed E-state index contributed by atoms with van der Waals surface area (Å²) >= 11 is 0.857. The summed E-state index contributed by atoms with van der Waals surface area (Å²) in [5.41, 5.74) is 3.08. The second kappa shape index (κ2) is 11.1. The molecule has 1 fully saturated rings. The zero-order valence-electron chi connectivity index (χ0n) is 20.1. The number of hydrogen-bond acceptors (Lipinski definition) is 7. The molecule has 7 nitrogen and oxygen atoms in total. The maximum absolute atomic E-state index is 12.9. The van der Waals surface area contributed by atoms with Crippen molar-refractivity contribution in [1.29, 1.82) is 0 Å². The van der Waals surface area contributed by atoms with Gasteiger partial charge in [0.2, 0.25) is 0 Å². The molecular formula is C28H25NO6S. The second-order valence-corrected chi connectivity index (χ2v) is 9.16. The molecule has 1 saturated heterocycles. The fourth-order valence-electron chi connectivity index (χ4n) is 3.52. The predicted octanol–water partition coefficient (Wildman–Crippen LogP) is 5.65. The number of methoxy groups -OCH3 is 1. The van der Waals surface area contributed by atoms with Crippen LogP contribution < -0.4 is 14.2 Å². The normalized spacial score (nSPS) is 14.3. The van der Waals surface area contributed by atoms with Crippen LogP contribution in [-0.4, -0.2) is 42.3 Å². The molecule has 0 aliphatic carbocycles. The van der Waals surface area contributed by atoms with Crippen molar-refractivity contribution in [3.8, 4) is 17.2 Å². The number of aryl methyl sites for hydroxylation is 2. The molecular weight excluding hydrogens is 478 g/mol. The summed E-state index contributed by atoms with van der Waals surface area (Å²) in [6.45, 7) is 4.22. The minimum absolute atomic E-state index is 0.137. The Labute approximate surface area is 213 Å². The molecule has 2 amide bonds. The van der Waals surface area contributed by atoms with Crippen molar-refractivity contribution in [2.75, 3.05) is 20.3 Å². The van der Waals surface area contributed by atoms with Gasteiger partial charge in [-0.1, -0.05) is 35.9 Å². The van der Waals surface area contributed by atoms with Crippen LogP contribution in [0.4, 0.5) is 4.79 Å². The Morgan fingerprint density at radius 3 is 2.44 bits per heavy atom. The van der Waals surface area contributed by atoms with Crippen molar-refractivity contribution < 1.29 is 28.6 Å². The highest BCUT2D eigenvalue weighted by Gasteiger charge is 2.34. The van der Waals surface area contributed by atoms with E-state index in [1.807, 2.05) is 50.2 Å². The van der Waals surface area contributed by atoms with Crippen LogP contribution in [0.1, 0.15) is 27.0 Å². The Balaban J connectivity index is 1.45. The van der Waals surface area contributed by atoms with E-state index in [-0.39, 0.29) is 29.0 Å². The number of imide groups is 1. The lowest BCUT2D eigenvalue weighted by molar-refractivity contribution is -0.123. The molecule has 1 aliphatic heterocycles. The maximum atomic E-state index is 12.9. The number of esters is 1. The minimum atomic E-state index is -0.528. The van der Waals surface area contributed by atoms with E-state index in [0.29, 0.717) is 22.6 Å². The van der Waals surface area contributed by atoms with E-state index < -0.39 is 11.9 Å². The number of benzene rings is 3. The van der Waals surface area contributed by atoms with E-state index in [2.05, 4.69) is 0 Å². The largest absolute Gasteiger partial charge is 0.493 e. The van der Waals surface area contributed by atoms with Crippen molar-refractivity contribution in [3.05, 3.63) is 93.9 Å². The van der Waals surface area contributed by atoms with Gasteiger partial charge < -0.3 is 14.2 Å². The first kappa shape index (κ1) is 25.1. The van der Waals surface area contributed by atoms with E-state index >= 15 is 0 Å². The SMILES string of the molecule is COc1ccc(/C=C2\SC(=O)N(CCOc3cccc(C)c3)C2=O)cc1OC(=O)c1ccc(C)cc1. The Bertz CT molecular complexity index is 1330. The van der Waals surface area contributed by atoms with Gasteiger partial charge in [0, 0.05) is 0 Å². The van der Waals surface area contributed by atoms with Gasteiger partial charge in [0.15, 0.2) is 11.5 Å². The highest BCUT2D eigenvalue weighted by Crippen LogP contribution is 2.34. The van der Waals surface area contributed by atoms with Crippen LogP contribution in [0.3, 0.4) is 0 Å². The molecule has 1 aliphatic rings. The van der Waals surface area contributed by atoms with Gasteiger partial charge in [0.05, 0.1) is 24.1 Å². The van der Waals surface area contributed by atoms with Crippen LogP contribution in [0.15, 0.2) is 71.6 Å². The smallest absolute Gasteiger partial charge is 0.343 e. The fraction of sp³-hybridized carbons (Fsp3) is 0.179. The van der Waals surface area contributed by atoms with Crippen molar-refractivity contribution in [3.63, 3.8) is 0 Å². The van der Waals surface area contributed by atoms with Crippen LogP contribution in [0.5, 0.6) is 17.2 Å². The van der Waals surface area contributed by atoms with Gasteiger partial charge in [-0.15, -0.1) is 0 Å². The number of rotatable bonds is 8. The number of carbonyl (C=O) groups excluding carboxylic acids is 3. The molecule has 0 spiro atoms. The number of ether oxygens (including phenoxy) is 3. The first-order chi connectivity index (χ1) is 17.3. The predicted molar refractivity (Wildman–Crippen MR) is 138 cm³/mol. The van der Waals surface area contributed by atoms with Gasteiger partial charge >= 0.3 is 5.97 Å². The molecule has 0 bridgehead atoms. The highest BCUT2D eigenvalue weighted by atomic mass is 32.2. The van der Waals surface area contributed by atoms with Crippen molar-refractivity contribution in [2.24, 2.45) is 0 Å². The van der Waals surface area contributed by atoms with E-state index in [0.717, 1.165) is 27.8 Å². The van der Waals surface area contributed by atoms with E-state index in [1.165, 1.54) is 7.11 Å². The molecule has 0 atom stereocenters. The third-order valence-corrected chi connectivity index (χ3v) is 6.33. The summed E-state index contributed by atoms with van der Waals surface area (Å²) in [7, 11) is 1.47. The Morgan fingerprint density at radius 1 is 0.944 bits per heavy atom. The van der Waals surface area contributed by atoms with Gasteiger partial charge in [0.1, 0.15) is 12.4 Å². The van der Waals surface area contributed by atoms with Crippen molar-refractivity contribution in [2.45, 2.75) is 13.8 Å². The summed E-state index contributed by atoms with van der Waals surface area (Å²) in [6.07, 6.45) is 1.59. The lowest BCUT2D eigenvalue weighted by atomic mass is 10.1. The molecule has 184 valence electrons. The van der Waals surface area contributed by atoms with Crippen LogP contribution in [0.2, 0.25) is 0 Å². The molecule has 4 rings (SSSR count). The Kier molecular flexibility index (Phi) is 7.75. The lowest BCUT2D eigenvalue weighted by Gasteiger charge is -2.13. The summed E-state index contributed by atoms with van der Waals surface area (Å²) < 4.78 is 16.6. The van der Waals surface area contributed by atoms with E-state index in [1.54, 1.807) is 36.4 Å².